The smallest absolute Gasteiger partial charge is 0.408 e. The number of amides is 1. The molecule has 0 saturated carbocycles. The van der Waals surface area contributed by atoms with Crippen LogP contribution in [-0.4, -0.2) is 30.3 Å². The molecule has 2 rings (SSSR count). The van der Waals surface area contributed by atoms with Crippen molar-refractivity contribution >= 4 is 18.5 Å². The Bertz CT molecular complexity index is 498. The number of cyclic esters (lactones) is 1. The minimum Gasteiger partial charge on any atom is -0.504 e. The van der Waals surface area contributed by atoms with E-state index in [0.717, 1.165) is 0 Å². The zero-order chi connectivity index (χ0) is 14.0. The molecule has 1 aliphatic heterocycles. The lowest BCUT2D eigenvalue weighted by Gasteiger charge is -2.32. The molecule has 0 radical (unpaired) electrons. The van der Waals surface area contributed by atoms with Crippen LogP contribution >= 0.6 is 12.4 Å². The second kappa shape index (κ2) is 6.13. The number of carbonyl (C=O) groups excluding carboxylic acids is 1. The largest absolute Gasteiger partial charge is 0.504 e. The molecule has 112 valence electrons. The van der Waals surface area contributed by atoms with Crippen molar-refractivity contribution in [3.05, 3.63) is 23.8 Å². The highest BCUT2D eigenvalue weighted by Crippen LogP contribution is 2.37. The highest BCUT2D eigenvalue weighted by molar-refractivity contribution is 5.85. The topological polar surface area (TPSA) is 67.8 Å². The fourth-order valence-electron chi connectivity index (χ4n) is 1.82. The van der Waals surface area contributed by atoms with Gasteiger partial charge in [-0.25, -0.2) is 13.6 Å². The first kappa shape index (κ1) is 16.3. The molecule has 1 atom stereocenters. The standard InChI is InChI=1S/C12H13F2NO4.ClH/c1-2-18-9-5-7(3-4-8(9)16)10-12(13,14)6-19-11(17)15-10;/h3-5,10,16H,2,6H2,1H3,(H,15,17);1H/t10-;/m1./s1. The number of phenolic OH excluding ortho intramolecular Hbond substituents is 1. The fourth-order valence-corrected chi connectivity index (χ4v) is 1.82. The third-order valence-electron chi connectivity index (χ3n) is 2.70. The van der Waals surface area contributed by atoms with E-state index in [4.69, 9.17) is 4.74 Å². The van der Waals surface area contributed by atoms with Crippen LogP contribution < -0.4 is 10.1 Å². The summed E-state index contributed by atoms with van der Waals surface area (Å²) < 4.78 is 36.8. The van der Waals surface area contributed by atoms with Crippen LogP contribution in [0, 0.1) is 0 Å². The molecule has 20 heavy (non-hydrogen) atoms. The van der Waals surface area contributed by atoms with E-state index in [1.165, 1.54) is 18.2 Å². The van der Waals surface area contributed by atoms with Crippen LogP contribution in [0.2, 0.25) is 0 Å². The molecule has 1 aliphatic rings. The summed E-state index contributed by atoms with van der Waals surface area (Å²) in [6.07, 6.45) is -0.901. The van der Waals surface area contributed by atoms with Gasteiger partial charge in [-0.15, -0.1) is 12.4 Å². The number of hydrogen-bond donors (Lipinski definition) is 2. The Balaban J connectivity index is 0.00000200. The Kier molecular flexibility index (Phi) is 4.99. The summed E-state index contributed by atoms with van der Waals surface area (Å²) in [6, 6.07) is 2.33. The van der Waals surface area contributed by atoms with E-state index in [0.29, 0.717) is 0 Å². The highest BCUT2D eigenvalue weighted by Gasteiger charge is 2.46. The van der Waals surface area contributed by atoms with E-state index in [-0.39, 0.29) is 36.1 Å². The summed E-state index contributed by atoms with van der Waals surface area (Å²) >= 11 is 0. The van der Waals surface area contributed by atoms with Crippen molar-refractivity contribution in [3.63, 3.8) is 0 Å². The van der Waals surface area contributed by atoms with Crippen molar-refractivity contribution in [2.45, 2.75) is 18.9 Å². The molecule has 0 aromatic heterocycles. The molecule has 5 nitrogen and oxygen atoms in total. The summed E-state index contributed by atoms with van der Waals surface area (Å²) in [4.78, 5) is 11.1. The van der Waals surface area contributed by atoms with E-state index in [2.05, 4.69) is 10.1 Å². The lowest BCUT2D eigenvalue weighted by Crippen LogP contribution is -2.49. The van der Waals surface area contributed by atoms with Gasteiger partial charge in [0.05, 0.1) is 6.61 Å². The maximum Gasteiger partial charge on any atom is 0.408 e. The molecule has 0 unspecified atom stereocenters. The minimum absolute atomic E-state index is 0. The van der Waals surface area contributed by atoms with E-state index in [1.54, 1.807) is 6.92 Å². The van der Waals surface area contributed by atoms with Crippen LogP contribution in [-0.2, 0) is 4.74 Å². The van der Waals surface area contributed by atoms with Crippen molar-refractivity contribution in [3.8, 4) is 11.5 Å². The number of alkyl halides is 2. The van der Waals surface area contributed by atoms with Crippen molar-refractivity contribution in [1.29, 1.82) is 0 Å². The molecule has 1 aromatic rings. The van der Waals surface area contributed by atoms with Gasteiger partial charge in [-0.1, -0.05) is 6.07 Å². The van der Waals surface area contributed by atoms with Gasteiger partial charge in [-0.2, -0.15) is 0 Å². The maximum absolute atomic E-state index is 13.7. The molecule has 1 fully saturated rings. The van der Waals surface area contributed by atoms with Crippen LogP contribution in [0.3, 0.4) is 0 Å². The van der Waals surface area contributed by atoms with E-state index >= 15 is 0 Å². The van der Waals surface area contributed by atoms with Crippen molar-refractivity contribution < 1.29 is 28.2 Å². The van der Waals surface area contributed by atoms with Gasteiger partial charge in [0.15, 0.2) is 18.1 Å². The summed E-state index contributed by atoms with van der Waals surface area (Å²) in [7, 11) is 0. The summed E-state index contributed by atoms with van der Waals surface area (Å²) in [5.41, 5.74) is 0.142. The second-order valence-electron chi connectivity index (χ2n) is 4.07. The van der Waals surface area contributed by atoms with Gasteiger partial charge in [0.2, 0.25) is 0 Å². The number of ether oxygens (including phenoxy) is 2. The van der Waals surface area contributed by atoms with E-state index < -0.39 is 24.7 Å². The van der Waals surface area contributed by atoms with Crippen LogP contribution in [0.5, 0.6) is 11.5 Å². The predicted octanol–water partition coefficient (Wildman–Crippen LogP) is 2.63. The Morgan fingerprint density at radius 3 is 2.90 bits per heavy atom. The van der Waals surface area contributed by atoms with Gasteiger partial charge in [0.1, 0.15) is 6.04 Å². The number of halogens is 3. The molecule has 2 N–H and O–H groups in total. The molecule has 0 aliphatic carbocycles. The number of carbonyl (C=O) groups is 1. The van der Waals surface area contributed by atoms with Crippen molar-refractivity contribution in [2.75, 3.05) is 13.2 Å². The summed E-state index contributed by atoms with van der Waals surface area (Å²) in [6.45, 7) is 1.01. The molecular formula is C12H14ClF2NO4. The normalized spacial score (nSPS) is 20.4. The zero-order valence-corrected chi connectivity index (χ0v) is 11.4. The summed E-state index contributed by atoms with van der Waals surface area (Å²) in [5, 5.41) is 11.6. The number of nitrogens with one attached hydrogen (secondary N) is 1. The number of hydrogen-bond acceptors (Lipinski definition) is 4. The lowest BCUT2D eigenvalue weighted by atomic mass is 9.99. The van der Waals surface area contributed by atoms with Crippen LogP contribution in [0.15, 0.2) is 18.2 Å². The van der Waals surface area contributed by atoms with Gasteiger partial charge >= 0.3 is 12.0 Å². The van der Waals surface area contributed by atoms with Crippen molar-refractivity contribution in [2.24, 2.45) is 0 Å². The SMILES string of the molecule is CCOc1cc([C@H]2NC(=O)OCC2(F)F)ccc1O.Cl. The monoisotopic (exact) mass is 309 g/mol. The average molecular weight is 310 g/mol. The first-order chi connectivity index (χ1) is 8.94. The van der Waals surface area contributed by atoms with Gasteiger partial charge in [0.25, 0.3) is 0 Å². The van der Waals surface area contributed by atoms with Gasteiger partial charge < -0.3 is 19.9 Å². The number of alkyl carbamates (subject to hydrolysis) is 1. The second-order valence-corrected chi connectivity index (χ2v) is 4.07. The van der Waals surface area contributed by atoms with Crippen LogP contribution in [0.4, 0.5) is 13.6 Å². The molecule has 0 bridgehead atoms. The number of phenols is 1. The fraction of sp³-hybridized carbons (Fsp3) is 0.417. The van der Waals surface area contributed by atoms with Crippen LogP contribution in [0.1, 0.15) is 18.5 Å². The Morgan fingerprint density at radius 2 is 2.25 bits per heavy atom. The molecule has 1 aromatic carbocycles. The number of benzene rings is 1. The first-order valence-corrected chi connectivity index (χ1v) is 5.71. The Hall–Kier alpha value is -1.76. The van der Waals surface area contributed by atoms with E-state index in [9.17, 15) is 18.7 Å². The summed E-state index contributed by atoms with van der Waals surface area (Å²) in [5.74, 6) is -3.28. The maximum atomic E-state index is 13.7. The number of aromatic hydroxyl groups is 1. The number of rotatable bonds is 3. The lowest BCUT2D eigenvalue weighted by molar-refractivity contribution is -0.104. The Labute approximate surface area is 120 Å². The highest BCUT2D eigenvalue weighted by atomic mass is 35.5. The van der Waals surface area contributed by atoms with E-state index in [1.807, 2.05) is 0 Å². The first-order valence-electron chi connectivity index (χ1n) is 5.71. The third-order valence-corrected chi connectivity index (χ3v) is 2.70. The van der Waals surface area contributed by atoms with Crippen molar-refractivity contribution in [1.82, 2.24) is 5.32 Å². The molecule has 0 spiro atoms. The van der Waals surface area contributed by atoms with Gasteiger partial charge in [-0.3, -0.25) is 0 Å². The molecule has 1 amide bonds. The molecule has 1 saturated heterocycles. The van der Waals surface area contributed by atoms with Gasteiger partial charge in [0, 0.05) is 0 Å². The predicted molar refractivity (Wildman–Crippen MR) is 68.7 cm³/mol. The average Bonchev–Trinajstić information content (AvgIpc) is 2.36. The van der Waals surface area contributed by atoms with Gasteiger partial charge in [-0.05, 0) is 24.6 Å². The Morgan fingerprint density at radius 1 is 1.55 bits per heavy atom. The quantitative estimate of drug-likeness (QED) is 0.900. The zero-order valence-electron chi connectivity index (χ0n) is 10.6. The third kappa shape index (κ3) is 3.22. The molecular weight excluding hydrogens is 296 g/mol. The van der Waals surface area contributed by atoms with Crippen LogP contribution in [0.25, 0.3) is 0 Å². The molecule has 1 heterocycles. The minimum atomic E-state index is -3.23. The molecule has 8 heteroatoms.